The molecule has 31 heavy (non-hydrogen) atoms. The van der Waals surface area contributed by atoms with Crippen LogP contribution >= 0.6 is 0 Å². The lowest BCUT2D eigenvalue weighted by Gasteiger charge is -2.28. The van der Waals surface area contributed by atoms with E-state index in [0.29, 0.717) is 22.2 Å². The van der Waals surface area contributed by atoms with Crippen LogP contribution in [-0.2, 0) is 19.3 Å². The number of amides is 1. The molecule has 2 aromatic heterocycles. The van der Waals surface area contributed by atoms with Crippen molar-refractivity contribution < 1.29 is 18.0 Å². The molecule has 0 aliphatic carbocycles. The molecule has 0 radical (unpaired) electrons. The van der Waals surface area contributed by atoms with Crippen molar-refractivity contribution in [2.75, 3.05) is 6.54 Å². The number of carbonyl (C=O) groups is 1. The number of pyridine rings is 1. The number of halogens is 3. The van der Waals surface area contributed by atoms with Crippen molar-refractivity contribution in [1.82, 2.24) is 24.6 Å². The first kappa shape index (κ1) is 19.2. The second-order valence-corrected chi connectivity index (χ2v) is 7.25. The Balaban J connectivity index is 1.54. The van der Waals surface area contributed by atoms with Crippen LogP contribution in [0.3, 0.4) is 0 Å². The summed E-state index contributed by atoms with van der Waals surface area (Å²) >= 11 is 0. The molecule has 9 heteroatoms. The summed E-state index contributed by atoms with van der Waals surface area (Å²) in [4.78, 5) is 19.6. The normalized spacial score (nSPS) is 14.0. The highest BCUT2D eigenvalue weighted by molar-refractivity contribution is 6.07. The van der Waals surface area contributed by atoms with E-state index >= 15 is 0 Å². The van der Waals surface area contributed by atoms with Crippen molar-refractivity contribution in [3.8, 4) is 11.3 Å². The van der Waals surface area contributed by atoms with Gasteiger partial charge in [-0.25, -0.2) is 4.98 Å². The monoisotopic (exact) mass is 423 g/mol. The topological polar surface area (TPSA) is 63.9 Å². The van der Waals surface area contributed by atoms with E-state index in [-0.39, 0.29) is 31.4 Å². The van der Waals surface area contributed by atoms with E-state index in [2.05, 4.69) is 15.2 Å². The third kappa shape index (κ3) is 3.41. The Morgan fingerprint density at radius 3 is 2.45 bits per heavy atom. The van der Waals surface area contributed by atoms with Gasteiger partial charge in [-0.1, -0.05) is 48.5 Å². The van der Waals surface area contributed by atoms with E-state index in [0.717, 1.165) is 10.1 Å². The molecule has 1 aliphatic rings. The largest absolute Gasteiger partial charge is 0.451 e. The number of alkyl halides is 3. The van der Waals surface area contributed by atoms with Gasteiger partial charge in [0.2, 0.25) is 5.82 Å². The second-order valence-electron chi connectivity index (χ2n) is 7.25. The van der Waals surface area contributed by atoms with Gasteiger partial charge in [0, 0.05) is 24.0 Å². The molecule has 0 spiro atoms. The van der Waals surface area contributed by atoms with Crippen LogP contribution in [-0.4, -0.2) is 37.1 Å². The van der Waals surface area contributed by atoms with Crippen molar-refractivity contribution in [3.63, 3.8) is 0 Å². The standard InChI is InChI=1S/C22H16F3N5O/c23-22(24,25)21-28-27-19-13-29(10-11-30(19)21)20(31)16-12-18(14-6-2-1-3-7-14)26-17-9-5-4-8-15(16)17/h1-9,12H,10-11,13H2. The van der Waals surface area contributed by atoms with Crippen LogP contribution in [0.5, 0.6) is 0 Å². The minimum absolute atomic E-state index is 0.0164. The molecule has 0 unspecified atom stereocenters. The summed E-state index contributed by atoms with van der Waals surface area (Å²) < 4.78 is 40.3. The van der Waals surface area contributed by atoms with Crippen molar-refractivity contribution in [3.05, 3.63) is 77.9 Å². The van der Waals surface area contributed by atoms with Crippen LogP contribution in [0.15, 0.2) is 60.7 Å². The fourth-order valence-electron chi connectivity index (χ4n) is 3.82. The highest BCUT2D eigenvalue weighted by Gasteiger charge is 2.40. The summed E-state index contributed by atoms with van der Waals surface area (Å²) in [7, 11) is 0. The lowest BCUT2D eigenvalue weighted by atomic mass is 10.0. The first-order valence-electron chi connectivity index (χ1n) is 9.65. The van der Waals surface area contributed by atoms with Crippen LogP contribution in [0.4, 0.5) is 13.2 Å². The first-order valence-corrected chi connectivity index (χ1v) is 9.65. The number of benzene rings is 2. The fourth-order valence-corrected chi connectivity index (χ4v) is 3.82. The van der Waals surface area contributed by atoms with Gasteiger partial charge < -0.3 is 9.47 Å². The molecule has 4 aromatic rings. The van der Waals surface area contributed by atoms with E-state index in [1.165, 1.54) is 4.90 Å². The molecular weight excluding hydrogens is 407 g/mol. The average Bonchev–Trinajstić information content (AvgIpc) is 3.22. The average molecular weight is 423 g/mol. The summed E-state index contributed by atoms with van der Waals surface area (Å²) in [5, 5.41) is 7.63. The minimum atomic E-state index is -4.58. The molecule has 0 fully saturated rings. The number of rotatable bonds is 2. The molecular formula is C22H16F3N5O. The van der Waals surface area contributed by atoms with Crippen LogP contribution in [0, 0.1) is 0 Å². The van der Waals surface area contributed by atoms with Crippen LogP contribution in [0.1, 0.15) is 22.0 Å². The number of aromatic nitrogens is 4. The minimum Gasteiger partial charge on any atom is -0.329 e. The van der Waals surface area contributed by atoms with Gasteiger partial charge in [0.25, 0.3) is 5.91 Å². The molecule has 0 bridgehead atoms. The van der Waals surface area contributed by atoms with E-state index in [1.807, 2.05) is 54.6 Å². The number of hydrogen-bond acceptors (Lipinski definition) is 4. The summed E-state index contributed by atoms with van der Waals surface area (Å²) in [5.41, 5.74) is 2.65. The Morgan fingerprint density at radius 2 is 1.68 bits per heavy atom. The lowest BCUT2D eigenvalue weighted by molar-refractivity contribution is -0.147. The molecule has 0 saturated heterocycles. The molecule has 3 heterocycles. The Kier molecular flexibility index (Phi) is 4.46. The molecule has 0 N–H and O–H groups in total. The maximum atomic E-state index is 13.4. The molecule has 1 aliphatic heterocycles. The van der Waals surface area contributed by atoms with Gasteiger partial charge in [0.15, 0.2) is 5.82 Å². The second kappa shape index (κ2) is 7.19. The zero-order chi connectivity index (χ0) is 21.6. The first-order chi connectivity index (χ1) is 14.9. The molecule has 156 valence electrons. The summed E-state index contributed by atoms with van der Waals surface area (Å²) in [6.07, 6.45) is -4.58. The summed E-state index contributed by atoms with van der Waals surface area (Å²) in [6, 6.07) is 18.6. The van der Waals surface area contributed by atoms with Crippen LogP contribution in [0.2, 0.25) is 0 Å². The number of nitrogens with zero attached hydrogens (tertiary/aromatic N) is 5. The highest BCUT2D eigenvalue weighted by Crippen LogP contribution is 2.31. The van der Waals surface area contributed by atoms with E-state index in [1.54, 1.807) is 6.07 Å². The zero-order valence-electron chi connectivity index (χ0n) is 16.2. The van der Waals surface area contributed by atoms with Crippen molar-refractivity contribution >= 4 is 16.8 Å². The SMILES string of the molecule is O=C(c1cc(-c2ccccc2)nc2ccccc12)N1CCn2c(nnc2C(F)(F)F)C1. The van der Waals surface area contributed by atoms with Gasteiger partial charge >= 0.3 is 6.18 Å². The maximum Gasteiger partial charge on any atom is 0.451 e. The Labute approximate surface area is 175 Å². The van der Waals surface area contributed by atoms with Gasteiger partial charge in [-0.2, -0.15) is 13.2 Å². The third-order valence-electron chi connectivity index (χ3n) is 5.31. The van der Waals surface area contributed by atoms with E-state index in [4.69, 9.17) is 0 Å². The van der Waals surface area contributed by atoms with Gasteiger partial charge in [-0.05, 0) is 12.1 Å². The Bertz CT molecular complexity index is 1280. The highest BCUT2D eigenvalue weighted by atomic mass is 19.4. The molecule has 5 rings (SSSR count). The Hall–Kier alpha value is -3.75. The zero-order valence-corrected chi connectivity index (χ0v) is 16.2. The smallest absolute Gasteiger partial charge is 0.329 e. The molecule has 2 aromatic carbocycles. The van der Waals surface area contributed by atoms with Gasteiger partial charge in [-0.15, -0.1) is 10.2 Å². The number of carbonyl (C=O) groups excluding carboxylic acids is 1. The quantitative estimate of drug-likeness (QED) is 0.486. The molecule has 6 nitrogen and oxygen atoms in total. The van der Waals surface area contributed by atoms with Crippen LogP contribution in [0.25, 0.3) is 22.2 Å². The molecule has 1 amide bonds. The molecule has 0 saturated carbocycles. The Morgan fingerprint density at radius 1 is 0.935 bits per heavy atom. The maximum absolute atomic E-state index is 13.4. The van der Waals surface area contributed by atoms with Crippen molar-refractivity contribution in [2.24, 2.45) is 0 Å². The van der Waals surface area contributed by atoms with Gasteiger partial charge in [0.05, 0.1) is 23.3 Å². The van der Waals surface area contributed by atoms with E-state index in [9.17, 15) is 18.0 Å². The third-order valence-corrected chi connectivity index (χ3v) is 5.31. The van der Waals surface area contributed by atoms with Gasteiger partial charge in [-0.3, -0.25) is 4.79 Å². The fraction of sp³-hybridized carbons (Fsp3) is 0.182. The summed E-state index contributed by atoms with van der Waals surface area (Å²) in [6.45, 7) is 0.0704. The van der Waals surface area contributed by atoms with Crippen molar-refractivity contribution in [2.45, 2.75) is 19.3 Å². The predicted octanol–water partition coefficient (Wildman–Crippen LogP) is 4.17. The lowest BCUT2D eigenvalue weighted by Crippen LogP contribution is -2.39. The summed E-state index contributed by atoms with van der Waals surface area (Å²) in [5.74, 6) is -1.19. The number of fused-ring (bicyclic) bond motifs is 2. The van der Waals surface area contributed by atoms with Gasteiger partial charge in [0.1, 0.15) is 0 Å². The molecule has 0 atom stereocenters. The van der Waals surface area contributed by atoms with E-state index < -0.39 is 12.0 Å². The predicted molar refractivity (Wildman–Crippen MR) is 107 cm³/mol. The number of hydrogen-bond donors (Lipinski definition) is 0. The van der Waals surface area contributed by atoms with Crippen LogP contribution < -0.4 is 0 Å². The van der Waals surface area contributed by atoms with Crippen molar-refractivity contribution in [1.29, 1.82) is 0 Å². The number of para-hydroxylation sites is 1.